The summed E-state index contributed by atoms with van der Waals surface area (Å²) >= 11 is 0. The molecule has 0 fully saturated rings. The molecule has 0 saturated carbocycles. The maximum Gasteiger partial charge on any atom is 0.232 e. The molecular formula is C12H16ClFO3S. The number of unbranched alkanes of at least 4 members (excludes halogenated alkanes) is 2. The molecule has 0 spiro atoms. The van der Waals surface area contributed by atoms with E-state index in [0.717, 1.165) is 0 Å². The van der Waals surface area contributed by atoms with Gasteiger partial charge in [-0.2, -0.15) is 0 Å². The van der Waals surface area contributed by atoms with Crippen molar-refractivity contribution >= 4 is 19.7 Å². The second-order valence-electron chi connectivity index (χ2n) is 4.04. The summed E-state index contributed by atoms with van der Waals surface area (Å²) in [5, 5.41) is 0. The van der Waals surface area contributed by atoms with Crippen molar-refractivity contribution in [2.75, 3.05) is 12.4 Å². The van der Waals surface area contributed by atoms with Gasteiger partial charge in [-0.05, 0) is 37.8 Å². The van der Waals surface area contributed by atoms with Crippen LogP contribution < -0.4 is 4.74 Å². The van der Waals surface area contributed by atoms with E-state index in [-0.39, 0.29) is 17.3 Å². The molecule has 0 unspecified atom stereocenters. The van der Waals surface area contributed by atoms with Crippen LogP contribution in [0.4, 0.5) is 4.39 Å². The van der Waals surface area contributed by atoms with Crippen LogP contribution in [-0.2, 0) is 9.05 Å². The average Bonchev–Trinajstić information content (AvgIpc) is 2.27. The van der Waals surface area contributed by atoms with E-state index in [9.17, 15) is 12.8 Å². The highest BCUT2D eigenvalue weighted by Crippen LogP contribution is 2.19. The van der Waals surface area contributed by atoms with Crippen LogP contribution >= 0.6 is 10.7 Å². The first kappa shape index (κ1) is 15.2. The van der Waals surface area contributed by atoms with Crippen molar-refractivity contribution in [3.05, 3.63) is 29.6 Å². The summed E-state index contributed by atoms with van der Waals surface area (Å²) in [6, 6.07) is 4.98. The third-order valence-electron chi connectivity index (χ3n) is 2.45. The topological polar surface area (TPSA) is 43.4 Å². The Balaban J connectivity index is 2.24. The van der Waals surface area contributed by atoms with Crippen molar-refractivity contribution < 1.29 is 17.5 Å². The number of benzene rings is 1. The van der Waals surface area contributed by atoms with E-state index in [4.69, 9.17) is 15.4 Å². The van der Waals surface area contributed by atoms with Crippen LogP contribution in [0.2, 0.25) is 0 Å². The maximum atomic E-state index is 13.5. The largest absolute Gasteiger partial charge is 0.491 e. The molecule has 6 heteroatoms. The van der Waals surface area contributed by atoms with Gasteiger partial charge in [-0.1, -0.05) is 12.1 Å². The molecule has 102 valence electrons. The molecule has 0 bridgehead atoms. The molecule has 0 aliphatic heterocycles. The standard InChI is InChI=1S/C12H16ClFO3S/c1-10-6-5-7-11(12(10)14)17-8-3-2-4-9-18(13,15)16/h5-7H,2-4,8-9H2,1H3. The molecule has 0 radical (unpaired) electrons. The first-order valence-electron chi connectivity index (χ1n) is 5.70. The third-order valence-corrected chi connectivity index (χ3v) is 3.69. The lowest BCUT2D eigenvalue weighted by Crippen LogP contribution is -2.02. The molecule has 0 heterocycles. The van der Waals surface area contributed by atoms with Gasteiger partial charge in [0.25, 0.3) is 0 Å². The Morgan fingerprint density at radius 3 is 2.67 bits per heavy atom. The number of aryl methyl sites for hydroxylation is 1. The van der Waals surface area contributed by atoms with Gasteiger partial charge >= 0.3 is 0 Å². The highest BCUT2D eigenvalue weighted by Gasteiger charge is 2.06. The minimum atomic E-state index is -3.40. The smallest absolute Gasteiger partial charge is 0.232 e. The van der Waals surface area contributed by atoms with Gasteiger partial charge in [0.1, 0.15) is 0 Å². The fourth-order valence-electron chi connectivity index (χ4n) is 1.47. The highest BCUT2D eigenvalue weighted by atomic mass is 35.7. The van der Waals surface area contributed by atoms with Gasteiger partial charge in [-0.3, -0.25) is 0 Å². The SMILES string of the molecule is Cc1cccc(OCCCCCS(=O)(=O)Cl)c1F. The number of hydrogen-bond acceptors (Lipinski definition) is 3. The number of hydrogen-bond donors (Lipinski definition) is 0. The van der Waals surface area contributed by atoms with Gasteiger partial charge in [0.15, 0.2) is 11.6 Å². The quantitative estimate of drug-likeness (QED) is 0.573. The fourth-order valence-corrected chi connectivity index (χ4v) is 2.34. The summed E-state index contributed by atoms with van der Waals surface area (Å²) in [5.41, 5.74) is 0.542. The second-order valence-corrected chi connectivity index (χ2v) is 6.94. The summed E-state index contributed by atoms with van der Waals surface area (Å²) in [6.07, 6.45) is 1.84. The Morgan fingerprint density at radius 1 is 1.28 bits per heavy atom. The van der Waals surface area contributed by atoms with Gasteiger partial charge in [-0.15, -0.1) is 0 Å². The van der Waals surface area contributed by atoms with E-state index in [1.165, 1.54) is 0 Å². The lowest BCUT2D eigenvalue weighted by Gasteiger charge is -2.08. The molecular weight excluding hydrogens is 279 g/mol. The number of halogens is 2. The van der Waals surface area contributed by atoms with Crippen molar-refractivity contribution in [2.45, 2.75) is 26.2 Å². The Hall–Kier alpha value is -0.810. The summed E-state index contributed by atoms with van der Waals surface area (Å²) in [4.78, 5) is 0. The van der Waals surface area contributed by atoms with Crippen molar-refractivity contribution in [2.24, 2.45) is 0 Å². The van der Waals surface area contributed by atoms with E-state index >= 15 is 0 Å². The van der Waals surface area contributed by atoms with Gasteiger partial charge in [0, 0.05) is 10.7 Å². The van der Waals surface area contributed by atoms with E-state index in [1.807, 2.05) is 0 Å². The zero-order valence-electron chi connectivity index (χ0n) is 10.2. The van der Waals surface area contributed by atoms with Crippen LogP contribution in [0, 0.1) is 12.7 Å². The average molecular weight is 295 g/mol. The first-order valence-corrected chi connectivity index (χ1v) is 8.18. The summed E-state index contributed by atoms with van der Waals surface area (Å²) < 4.78 is 40.1. The minimum absolute atomic E-state index is 0.0344. The van der Waals surface area contributed by atoms with Crippen LogP contribution in [0.25, 0.3) is 0 Å². The molecule has 1 rings (SSSR count). The third kappa shape index (κ3) is 5.69. The molecule has 0 aromatic heterocycles. The second kappa shape index (κ2) is 6.95. The lowest BCUT2D eigenvalue weighted by atomic mass is 10.2. The van der Waals surface area contributed by atoms with Gasteiger partial charge < -0.3 is 4.74 Å². The van der Waals surface area contributed by atoms with Gasteiger partial charge in [0.05, 0.1) is 12.4 Å². The van der Waals surface area contributed by atoms with Gasteiger partial charge in [0.2, 0.25) is 9.05 Å². The van der Waals surface area contributed by atoms with E-state index in [1.54, 1.807) is 25.1 Å². The molecule has 3 nitrogen and oxygen atoms in total. The minimum Gasteiger partial charge on any atom is -0.491 e. The van der Waals surface area contributed by atoms with Crippen molar-refractivity contribution in [3.8, 4) is 5.75 Å². The van der Waals surface area contributed by atoms with E-state index in [2.05, 4.69) is 0 Å². The molecule has 1 aromatic rings. The fraction of sp³-hybridized carbons (Fsp3) is 0.500. The van der Waals surface area contributed by atoms with Crippen LogP contribution in [0.5, 0.6) is 5.75 Å². The van der Waals surface area contributed by atoms with Crippen LogP contribution in [0.15, 0.2) is 18.2 Å². The van der Waals surface area contributed by atoms with E-state index in [0.29, 0.717) is 31.4 Å². The zero-order valence-corrected chi connectivity index (χ0v) is 11.7. The summed E-state index contributed by atoms with van der Waals surface area (Å²) in [6.45, 7) is 2.04. The first-order chi connectivity index (χ1) is 8.40. The van der Waals surface area contributed by atoms with Crippen LogP contribution in [0.3, 0.4) is 0 Å². The Labute approximate surface area is 111 Å². The van der Waals surface area contributed by atoms with Crippen molar-refractivity contribution in [1.29, 1.82) is 0 Å². The molecule has 0 amide bonds. The molecule has 0 N–H and O–H groups in total. The lowest BCUT2D eigenvalue weighted by molar-refractivity contribution is 0.291. The zero-order chi connectivity index (χ0) is 13.6. The Morgan fingerprint density at radius 2 is 2.00 bits per heavy atom. The maximum absolute atomic E-state index is 13.5. The highest BCUT2D eigenvalue weighted by molar-refractivity contribution is 8.13. The molecule has 0 saturated heterocycles. The Bertz CT molecular complexity index is 488. The molecule has 0 atom stereocenters. The molecule has 0 aliphatic carbocycles. The van der Waals surface area contributed by atoms with Crippen LogP contribution in [0.1, 0.15) is 24.8 Å². The van der Waals surface area contributed by atoms with Crippen molar-refractivity contribution in [3.63, 3.8) is 0 Å². The molecule has 0 aliphatic rings. The summed E-state index contributed by atoms with van der Waals surface area (Å²) in [7, 11) is 1.67. The summed E-state index contributed by atoms with van der Waals surface area (Å²) in [5.74, 6) is -0.145. The normalized spacial score (nSPS) is 11.5. The van der Waals surface area contributed by atoms with Crippen molar-refractivity contribution in [1.82, 2.24) is 0 Å². The number of rotatable bonds is 7. The van der Waals surface area contributed by atoms with Gasteiger partial charge in [-0.25, -0.2) is 12.8 Å². The number of ether oxygens (including phenoxy) is 1. The monoisotopic (exact) mass is 294 g/mol. The Kier molecular flexibility index (Phi) is 5.88. The van der Waals surface area contributed by atoms with Crippen LogP contribution in [-0.4, -0.2) is 20.8 Å². The molecule has 1 aromatic carbocycles. The predicted molar refractivity (Wildman–Crippen MR) is 70.1 cm³/mol. The van der Waals surface area contributed by atoms with E-state index < -0.39 is 9.05 Å². The molecule has 18 heavy (non-hydrogen) atoms. The predicted octanol–water partition coefficient (Wildman–Crippen LogP) is 3.25.